The van der Waals surface area contributed by atoms with Gasteiger partial charge in [-0.05, 0) is 32.3 Å². The van der Waals surface area contributed by atoms with Gasteiger partial charge in [-0.15, -0.1) is 0 Å². The second kappa shape index (κ2) is 6.15. The number of alkyl halides is 1. The van der Waals surface area contributed by atoms with Gasteiger partial charge in [0.1, 0.15) is 11.8 Å². The minimum Gasteiger partial charge on any atom is -0.512 e. The maximum Gasteiger partial charge on any atom is 0.306 e. The van der Waals surface area contributed by atoms with Crippen LogP contribution >= 0.6 is 0 Å². The van der Waals surface area contributed by atoms with Gasteiger partial charge in [0.2, 0.25) is 0 Å². The summed E-state index contributed by atoms with van der Waals surface area (Å²) < 4.78 is 19.4. The minimum atomic E-state index is -1.26. The monoisotopic (exact) mass is 284 g/mol. The van der Waals surface area contributed by atoms with Gasteiger partial charge in [-0.3, -0.25) is 4.79 Å². The molecule has 2 fully saturated rings. The summed E-state index contributed by atoms with van der Waals surface area (Å²) in [7, 11) is 0. The molecule has 1 heterocycles. The van der Waals surface area contributed by atoms with Crippen LogP contribution in [0.25, 0.3) is 0 Å². The number of carbonyl (C=O) groups excluding carboxylic acids is 1. The zero-order chi connectivity index (χ0) is 14.8. The van der Waals surface area contributed by atoms with Gasteiger partial charge in [-0.2, -0.15) is 0 Å². The van der Waals surface area contributed by atoms with Crippen molar-refractivity contribution in [3.63, 3.8) is 0 Å². The topological polar surface area (TPSA) is 46.5 Å². The maximum absolute atomic E-state index is 14.2. The van der Waals surface area contributed by atoms with E-state index in [1.165, 1.54) is 0 Å². The largest absolute Gasteiger partial charge is 0.512 e. The summed E-state index contributed by atoms with van der Waals surface area (Å²) in [5, 5.41) is 10.2. The Morgan fingerprint density at radius 1 is 1.55 bits per heavy atom. The molecule has 1 aliphatic heterocycles. The van der Waals surface area contributed by atoms with Crippen LogP contribution in [0.4, 0.5) is 4.39 Å². The zero-order valence-corrected chi connectivity index (χ0v) is 12.4. The quantitative estimate of drug-likeness (QED) is 0.590. The predicted molar refractivity (Wildman–Crippen MR) is 75.1 cm³/mol. The van der Waals surface area contributed by atoms with Crippen LogP contribution < -0.4 is 0 Å². The van der Waals surface area contributed by atoms with Crippen molar-refractivity contribution in [2.24, 2.45) is 11.8 Å². The summed E-state index contributed by atoms with van der Waals surface area (Å²) >= 11 is 0. The Morgan fingerprint density at radius 2 is 2.30 bits per heavy atom. The molecular weight excluding hydrogens is 259 g/mol. The SMILES string of the molecule is CCCCC(C)(F)CC=C(O)[C@H]1CC[C@H]2OC(=O)C[C@H]12. The predicted octanol–water partition coefficient (Wildman–Crippen LogP) is 4.08. The lowest BCUT2D eigenvalue weighted by Gasteiger charge is -2.20. The van der Waals surface area contributed by atoms with Gasteiger partial charge in [0.25, 0.3) is 0 Å². The molecule has 3 nitrogen and oxygen atoms in total. The molecule has 0 bridgehead atoms. The van der Waals surface area contributed by atoms with Crippen LogP contribution in [0, 0.1) is 11.8 Å². The fourth-order valence-electron chi connectivity index (χ4n) is 3.34. The molecule has 0 aromatic heterocycles. The number of esters is 1. The van der Waals surface area contributed by atoms with Gasteiger partial charge < -0.3 is 9.84 Å². The summed E-state index contributed by atoms with van der Waals surface area (Å²) in [6, 6.07) is 0. The Labute approximate surface area is 120 Å². The molecular formula is C16H25FO3. The molecule has 0 spiro atoms. The molecule has 1 unspecified atom stereocenters. The first-order chi connectivity index (χ1) is 9.43. The number of aliphatic hydroxyl groups excluding tert-OH is 1. The van der Waals surface area contributed by atoms with Gasteiger partial charge in [0.05, 0.1) is 12.2 Å². The van der Waals surface area contributed by atoms with Crippen LogP contribution in [0.3, 0.4) is 0 Å². The van der Waals surface area contributed by atoms with E-state index in [1.807, 2.05) is 6.92 Å². The van der Waals surface area contributed by atoms with Crippen molar-refractivity contribution in [2.75, 3.05) is 0 Å². The first-order valence-corrected chi connectivity index (χ1v) is 7.70. The normalized spacial score (nSPS) is 32.9. The molecule has 0 radical (unpaired) electrons. The maximum atomic E-state index is 14.2. The Balaban J connectivity index is 1.92. The van der Waals surface area contributed by atoms with E-state index in [4.69, 9.17) is 4.74 Å². The highest BCUT2D eigenvalue weighted by molar-refractivity contribution is 5.72. The van der Waals surface area contributed by atoms with E-state index in [0.717, 1.165) is 25.7 Å². The summed E-state index contributed by atoms with van der Waals surface area (Å²) in [6.07, 6.45) is 6.18. The summed E-state index contributed by atoms with van der Waals surface area (Å²) in [5.74, 6) is 0.126. The number of aliphatic hydroxyl groups is 1. The second-order valence-corrected chi connectivity index (χ2v) is 6.43. The third-order valence-corrected chi connectivity index (χ3v) is 4.61. The lowest BCUT2D eigenvalue weighted by molar-refractivity contribution is -0.141. The number of carbonyl (C=O) groups is 1. The summed E-state index contributed by atoms with van der Waals surface area (Å²) in [5.41, 5.74) is -1.26. The number of rotatable bonds is 6. The third kappa shape index (κ3) is 3.53. The molecule has 114 valence electrons. The number of hydrogen-bond donors (Lipinski definition) is 1. The smallest absolute Gasteiger partial charge is 0.306 e. The van der Waals surface area contributed by atoms with Crippen molar-refractivity contribution in [1.29, 1.82) is 0 Å². The van der Waals surface area contributed by atoms with E-state index < -0.39 is 5.67 Å². The van der Waals surface area contributed by atoms with E-state index in [0.29, 0.717) is 12.8 Å². The highest BCUT2D eigenvalue weighted by Crippen LogP contribution is 2.44. The van der Waals surface area contributed by atoms with Crippen LogP contribution in [-0.4, -0.2) is 22.8 Å². The second-order valence-electron chi connectivity index (χ2n) is 6.43. The van der Waals surface area contributed by atoms with Crippen molar-refractivity contribution in [3.05, 3.63) is 11.8 Å². The standard InChI is InChI=1S/C16H25FO3/c1-3-4-8-16(2,17)9-7-13(18)11-5-6-14-12(11)10-15(19)20-14/h7,11-12,14,18H,3-6,8-10H2,1-2H3/t11-,12+,14+,16?/m0/s1. The number of halogens is 1. The Kier molecular flexibility index (Phi) is 4.71. The zero-order valence-electron chi connectivity index (χ0n) is 12.4. The van der Waals surface area contributed by atoms with Crippen molar-refractivity contribution in [2.45, 2.75) is 70.6 Å². The van der Waals surface area contributed by atoms with Gasteiger partial charge >= 0.3 is 5.97 Å². The van der Waals surface area contributed by atoms with E-state index in [2.05, 4.69) is 0 Å². The molecule has 20 heavy (non-hydrogen) atoms. The van der Waals surface area contributed by atoms with Crippen LogP contribution in [0.15, 0.2) is 11.8 Å². The Morgan fingerprint density at radius 3 is 3.00 bits per heavy atom. The van der Waals surface area contributed by atoms with Gasteiger partial charge in [0.15, 0.2) is 0 Å². The molecule has 1 N–H and O–H groups in total. The first kappa shape index (κ1) is 15.3. The van der Waals surface area contributed by atoms with E-state index in [9.17, 15) is 14.3 Å². The molecule has 2 aliphatic rings. The average Bonchev–Trinajstić information content (AvgIpc) is 2.92. The molecule has 0 aromatic carbocycles. The summed E-state index contributed by atoms with van der Waals surface area (Å²) in [4.78, 5) is 11.3. The molecule has 0 amide bonds. The summed E-state index contributed by atoms with van der Waals surface area (Å²) in [6.45, 7) is 3.63. The van der Waals surface area contributed by atoms with E-state index in [1.54, 1.807) is 13.0 Å². The fraction of sp³-hybridized carbons (Fsp3) is 0.812. The number of allylic oxidation sites excluding steroid dienone is 2. The van der Waals surface area contributed by atoms with E-state index in [-0.39, 0.29) is 36.1 Å². The average molecular weight is 284 g/mol. The first-order valence-electron chi connectivity index (χ1n) is 7.70. The third-order valence-electron chi connectivity index (χ3n) is 4.61. The fourth-order valence-corrected chi connectivity index (χ4v) is 3.34. The molecule has 1 saturated heterocycles. The van der Waals surface area contributed by atoms with Crippen LogP contribution in [0.5, 0.6) is 0 Å². The molecule has 1 aliphatic carbocycles. The van der Waals surface area contributed by atoms with E-state index >= 15 is 0 Å². The number of hydrogen-bond acceptors (Lipinski definition) is 3. The van der Waals surface area contributed by atoms with Crippen molar-refractivity contribution in [1.82, 2.24) is 0 Å². The molecule has 2 rings (SSSR count). The molecule has 4 heteroatoms. The van der Waals surface area contributed by atoms with Gasteiger partial charge in [-0.25, -0.2) is 4.39 Å². The minimum absolute atomic E-state index is 0.0339. The molecule has 0 aromatic rings. The van der Waals surface area contributed by atoms with Gasteiger partial charge in [-0.1, -0.05) is 19.8 Å². The Hall–Kier alpha value is -1.06. The van der Waals surface area contributed by atoms with Crippen LogP contribution in [0.2, 0.25) is 0 Å². The highest BCUT2D eigenvalue weighted by atomic mass is 19.1. The lowest BCUT2D eigenvalue weighted by Crippen LogP contribution is -2.19. The molecule has 1 saturated carbocycles. The Bertz CT molecular complexity index is 389. The van der Waals surface area contributed by atoms with Gasteiger partial charge in [0, 0.05) is 18.3 Å². The van der Waals surface area contributed by atoms with Crippen molar-refractivity contribution in [3.8, 4) is 0 Å². The van der Waals surface area contributed by atoms with Crippen LogP contribution in [-0.2, 0) is 9.53 Å². The number of unbranched alkanes of at least 4 members (excludes halogenated alkanes) is 1. The lowest BCUT2D eigenvalue weighted by atomic mass is 9.89. The van der Waals surface area contributed by atoms with Crippen molar-refractivity contribution >= 4 is 5.97 Å². The van der Waals surface area contributed by atoms with Crippen molar-refractivity contribution < 1.29 is 19.0 Å². The number of fused-ring (bicyclic) bond motifs is 1. The van der Waals surface area contributed by atoms with Crippen LogP contribution in [0.1, 0.15) is 58.8 Å². The molecule has 4 atom stereocenters. The highest BCUT2D eigenvalue weighted by Gasteiger charge is 2.46. The number of ether oxygens (including phenoxy) is 1.